The number of carbonyl (C=O) groups excluding carboxylic acids is 1. The predicted octanol–water partition coefficient (Wildman–Crippen LogP) is 2.05. The minimum Gasteiger partial charge on any atom is -0.477 e. The highest BCUT2D eigenvalue weighted by Gasteiger charge is 2.20. The summed E-state index contributed by atoms with van der Waals surface area (Å²) in [4.78, 5) is 27.5. The second-order valence-electron chi connectivity index (χ2n) is 4.35. The van der Waals surface area contributed by atoms with Crippen LogP contribution in [0.4, 0.5) is 5.69 Å². The monoisotopic (exact) mass is 302 g/mol. The number of carboxylic acid groups (broad SMARTS) is 1. The summed E-state index contributed by atoms with van der Waals surface area (Å²) in [6, 6.07) is 0. The van der Waals surface area contributed by atoms with E-state index in [1.807, 2.05) is 0 Å². The van der Waals surface area contributed by atoms with Gasteiger partial charge in [-0.25, -0.2) is 9.31 Å². The Morgan fingerprint density at radius 3 is 2.95 bits per heavy atom. The van der Waals surface area contributed by atoms with Gasteiger partial charge in [0.05, 0.1) is 29.2 Å². The van der Waals surface area contributed by atoms with Gasteiger partial charge in [-0.05, 0) is 17.9 Å². The van der Waals surface area contributed by atoms with Crippen LogP contribution in [0.2, 0.25) is 0 Å². The Morgan fingerprint density at radius 1 is 1.38 bits per heavy atom. The van der Waals surface area contributed by atoms with E-state index < -0.39 is 11.9 Å². The molecule has 106 valence electrons. The van der Waals surface area contributed by atoms with Crippen molar-refractivity contribution in [2.75, 3.05) is 5.32 Å². The van der Waals surface area contributed by atoms with E-state index >= 15 is 0 Å². The van der Waals surface area contributed by atoms with Crippen molar-refractivity contribution in [3.63, 3.8) is 0 Å². The van der Waals surface area contributed by atoms with Crippen molar-refractivity contribution in [1.29, 1.82) is 0 Å². The number of nitrogens with one attached hydrogen (secondary N) is 1. The van der Waals surface area contributed by atoms with Gasteiger partial charge in [0.25, 0.3) is 5.91 Å². The molecule has 0 aliphatic carbocycles. The first-order valence-corrected chi connectivity index (χ1v) is 6.86. The van der Waals surface area contributed by atoms with E-state index in [1.54, 1.807) is 24.7 Å². The lowest BCUT2D eigenvalue weighted by atomic mass is 10.2. The first-order valence-electron chi connectivity index (χ1n) is 5.98. The average molecular weight is 302 g/mol. The third-order valence-corrected chi connectivity index (χ3v) is 4.06. The van der Waals surface area contributed by atoms with Crippen molar-refractivity contribution in [1.82, 2.24) is 14.6 Å². The third kappa shape index (κ3) is 2.25. The lowest BCUT2D eigenvalue weighted by Gasteiger charge is -2.05. The standard InChI is InChI=1S/C13H10N4O3S/c1-7-6-21-11(13(19)20)10(7)16-12(18)8-4-15-17-3-2-14-5-9(8)17/h2-6H,1H3,(H,16,18)(H,19,20). The molecular formula is C13H10N4O3S. The highest BCUT2D eigenvalue weighted by atomic mass is 32.1. The molecule has 0 unspecified atom stereocenters. The van der Waals surface area contributed by atoms with Crippen LogP contribution in [0.3, 0.4) is 0 Å². The summed E-state index contributed by atoms with van der Waals surface area (Å²) in [6.45, 7) is 1.75. The summed E-state index contributed by atoms with van der Waals surface area (Å²) in [5, 5.41) is 17.5. The minimum atomic E-state index is -1.06. The molecule has 0 radical (unpaired) electrons. The molecule has 3 heterocycles. The molecule has 7 nitrogen and oxygen atoms in total. The fraction of sp³-hybridized carbons (Fsp3) is 0.0769. The van der Waals surface area contributed by atoms with Crippen LogP contribution in [0.25, 0.3) is 5.52 Å². The average Bonchev–Trinajstić information content (AvgIpc) is 3.03. The van der Waals surface area contributed by atoms with E-state index in [1.165, 1.54) is 16.9 Å². The molecule has 0 aromatic carbocycles. The fourth-order valence-electron chi connectivity index (χ4n) is 1.95. The minimum absolute atomic E-state index is 0.107. The summed E-state index contributed by atoms with van der Waals surface area (Å²) in [7, 11) is 0. The fourth-order valence-corrected chi connectivity index (χ4v) is 2.79. The summed E-state index contributed by atoms with van der Waals surface area (Å²) in [5.74, 6) is -1.48. The van der Waals surface area contributed by atoms with Gasteiger partial charge >= 0.3 is 5.97 Å². The molecule has 3 rings (SSSR count). The van der Waals surface area contributed by atoms with Gasteiger partial charge in [0.15, 0.2) is 0 Å². The lowest BCUT2D eigenvalue weighted by Crippen LogP contribution is -2.14. The molecule has 21 heavy (non-hydrogen) atoms. The molecule has 0 saturated heterocycles. The Kier molecular flexibility index (Phi) is 3.15. The van der Waals surface area contributed by atoms with E-state index in [0.717, 1.165) is 11.3 Å². The van der Waals surface area contributed by atoms with Crippen LogP contribution in [-0.4, -0.2) is 31.6 Å². The summed E-state index contributed by atoms with van der Waals surface area (Å²) in [6.07, 6.45) is 6.15. The molecule has 0 bridgehead atoms. The molecule has 3 aromatic rings. The van der Waals surface area contributed by atoms with Crippen molar-refractivity contribution >= 4 is 34.4 Å². The number of aryl methyl sites for hydroxylation is 1. The molecule has 0 spiro atoms. The Hall–Kier alpha value is -2.74. The molecule has 0 aliphatic rings. The summed E-state index contributed by atoms with van der Waals surface area (Å²) < 4.78 is 1.53. The number of nitrogens with zero attached hydrogens (tertiary/aromatic N) is 3. The van der Waals surface area contributed by atoms with E-state index in [2.05, 4.69) is 15.4 Å². The summed E-state index contributed by atoms with van der Waals surface area (Å²) in [5.41, 5.74) is 1.92. The molecule has 0 fully saturated rings. The Morgan fingerprint density at radius 2 is 2.19 bits per heavy atom. The van der Waals surface area contributed by atoms with Gasteiger partial charge in [0.2, 0.25) is 0 Å². The summed E-state index contributed by atoms with van der Waals surface area (Å²) >= 11 is 1.08. The maximum atomic E-state index is 12.3. The van der Waals surface area contributed by atoms with Gasteiger partial charge in [-0.2, -0.15) is 5.10 Å². The number of carboxylic acids is 1. The number of aromatic carboxylic acids is 1. The maximum Gasteiger partial charge on any atom is 0.348 e. The van der Waals surface area contributed by atoms with Crippen LogP contribution in [0.15, 0.2) is 30.2 Å². The number of thiophene rings is 1. The number of hydrogen-bond acceptors (Lipinski definition) is 5. The number of fused-ring (bicyclic) bond motifs is 1. The predicted molar refractivity (Wildman–Crippen MR) is 77.0 cm³/mol. The number of anilines is 1. The molecule has 3 aromatic heterocycles. The zero-order chi connectivity index (χ0) is 15.0. The highest BCUT2D eigenvalue weighted by molar-refractivity contribution is 7.12. The molecule has 0 aliphatic heterocycles. The molecular weight excluding hydrogens is 292 g/mol. The normalized spacial score (nSPS) is 10.7. The SMILES string of the molecule is Cc1csc(C(=O)O)c1NC(=O)c1cnn2ccncc12. The quantitative estimate of drug-likeness (QED) is 0.772. The highest BCUT2D eigenvalue weighted by Crippen LogP contribution is 2.28. The van der Waals surface area contributed by atoms with Gasteiger partial charge in [0, 0.05) is 12.4 Å². The zero-order valence-corrected chi connectivity index (χ0v) is 11.7. The number of amides is 1. The van der Waals surface area contributed by atoms with Crippen molar-refractivity contribution in [3.05, 3.63) is 46.2 Å². The zero-order valence-electron chi connectivity index (χ0n) is 10.9. The van der Waals surface area contributed by atoms with Crippen LogP contribution in [0, 0.1) is 6.92 Å². The molecule has 1 amide bonds. The van der Waals surface area contributed by atoms with Crippen LogP contribution >= 0.6 is 11.3 Å². The van der Waals surface area contributed by atoms with Gasteiger partial charge in [-0.1, -0.05) is 0 Å². The van der Waals surface area contributed by atoms with E-state index in [9.17, 15) is 9.59 Å². The van der Waals surface area contributed by atoms with Gasteiger partial charge in [0.1, 0.15) is 4.88 Å². The number of rotatable bonds is 3. The Bertz CT molecular complexity index is 852. The topological polar surface area (TPSA) is 96.6 Å². The van der Waals surface area contributed by atoms with E-state index in [0.29, 0.717) is 22.3 Å². The third-order valence-electron chi connectivity index (χ3n) is 2.98. The maximum absolute atomic E-state index is 12.3. The molecule has 8 heteroatoms. The van der Waals surface area contributed by atoms with E-state index in [4.69, 9.17) is 5.11 Å². The largest absolute Gasteiger partial charge is 0.477 e. The molecule has 2 N–H and O–H groups in total. The Balaban J connectivity index is 1.97. The first-order chi connectivity index (χ1) is 10.1. The first kappa shape index (κ1) is 13.3. The number of carbonyl (C=O) groups is 2. The number of hydrogen-bond donors (Lipinski definition) is 2. The van der Waals surface area contributed by atoms with Crippen molar-refractivity contribution in [3.8, 4) is 0 Å². The van der Waals surface area contributed by atoms with Gasteiger partial charge in [-0.15, -0.1) is 11.3 Å². The van der Waals surface area contributed by atoms with Crippen LogP contribution in [0.1, 0.15) is 25.6 Å². The van der Waals surface area contributed by atoms with Crippen molar-refractivity contribution in [2.45, 2.75) is 6.92 Å². The second-order valence-corrected chi connectivity index (χ2v) is 5.23. The molecule has 0 atom stereocenters. The smallest absolute Gasteiger partial charge is 0.348 e. The van der Waals surface area contributed by atoms with Gasteiger partial charge in [-0.3, -0.25) is 9.78 Å². The van der Waals surface area contributed by atoms with Crippen LogP contribution in [-0.2, 0) is 0 Å². The Labute approximate surface area is 122 Å². The van der Waals surface area contributed by atoms with Crippen molar-refractivity contribution in [2.24, 2.45) is 0 Å². The molecule has 0 saturated carbocycles. The van der Waals surface area contributed by atoms with E-state index in [-0.39, 0.29) is 4.88 Å². The second kappa shape index (κ2) is 4.98. The van der Waals surface area contributed by atoms with Crippen molar-refractivity contribution < 1.29 is 14.7 Å². The lowest BCUT2D eigenvalue weighted by molar-refractivity contribution is 0.0703. The number of aromatic nitrogens is 3. The van der Waals surface area contributed by atoms with Crippen LogP contribution < -0.4 is 5.32 Å². The van der Waals surface area contributed by atoms with Crippen LogP contribution in [0.5, 0.6) is 0 Å². The van der Waals surface area contributed by atoms with Gasteiger partial charge < -0.3 is 10.4 Å².